The summed E-state index contributed by atoms with van der Waals surface area (Å²) in [5, 5.41) is 0. The van der Waals surface area contributed by atoms with Gasteiger partial charge < -0.3 is 9.80 Å². The van der Waals surface area contributed by atoms with Gasteiger partial charge in [0, 0.05) is 49.6 Å². The maximum atomic E-state index is 12.0. The van der Waals surface area contributed by atoms with E-state index in [0.717, 1.165) is 56.8 Å². The number of likely N-dealkylation sites (tertiary alicyclic amines) is 1. The van der Waals surface area contributed by atoms with E-state index >= 15 is 0 Å². The van der Waals surface area contributed by atoms with Crippen LogP contribution in [-0.2, 0) is 4.79 Å². The fourth-order valence-corrected chi connectivity index (χ4v) is 5.34. The second-order valence-electron chi connectivity index (χ2n) is 9.33. The third-order valence-electron chi connectivity index (χ3n) is 6.93. The standard InChI is InChI=1S/C22H34N4O/c1-15(2)20(27)12-16-4-6-17(7-5-16)22-23-11-10-21(24-22)26-18-8-9-19(26)14-25(3)13-18/h10-11,15-19H,4-9,12-14H2,1-3H3. The van der Waals surface area contributed by atoms with Gasteiger partial charge in [0.15, 0.2) is 0 Å². The lowest BCUT2D eigenvalue weighted by atomic mass is 9.78. The largest absolute Gasteiger partial charge is 0.348 e. The normalized spacial score (nSPS) is 31.5. The van der Waals surface area contributed by atoms with Crippen molar-refractivity contribution in [3.63, 3.8) is 0 Å². The Bertz CT molecular complexity index is 654. The fourth-order valence-electron chi connectivity index (χ4n) is 5.34. The molecule has 2 aliphatic heterocycles. The molecule has 148 valence electrons. The van der Waals surface area contributed by atoms with Crippen molar-refractivity contribution in [3.8, 4) is 0 Å². The first-order valence-electron chi connectivity index (χ1n) is 10.8. The Kier molecular flexibility index (Phi) is 5.49. The van der Waals surface area contributed by atoms with Crippen LogP contribution in [0.4, 0.5) is 5.82 Å². The van der Waals surface area contributed by atoms with Crippen LogP contribution in [0.15, 0.2) is 12.3 Å². The SMILES string of the molecule is CC(C)C(=O)CC1CCC(c2nccc(N3C4CCC3CN(C)C4)n2)CC1. The molecule has 4 rings (SSSR count). The zero-order valence-electron chi connectivity index (χ0n) is 17.1. The van der Waals surface area contributed by atoms with Crippen molar-refractivity contribution >= 4 is 11.6 Å². The van der Waals surface area contributed by atoms with E-state index < -0.39 is 0 Å². The van der Waals surface area contributed by atoms with Crippen molar-refractivity contribution in [1.82, 2.24) is 14.9 Å². The van der Waals surface area contributed by atoms with Crippen LogP contribution in [0.5, 0.6) is 0 Å². The first-order valence-corrected chi connectivity index (χ1v) is 10.8. The van der Waals surface area contributed by atoms with Crippen LogP contribution in [0.25, 0.3) is 0 Å². The number of likely N-dealkylation sites (N-methyl/N-ethyl adjacent to an activating group) is 1. The highest BCUT2D eigenvalue weighted by Gasteiger charge is 2.39. The predicted octanol–water partition coefficient (Wildman–Crippen LogP) is 3.65. The van der Waals surface area contributed by atoms with Crippen LogP contribution in [0, 0.1) is 11.8 Å². The first kappa shape index (κ1) is 18.9. The topological polar surface area (TPSA) is 49.3 Å². The van der Waals surface area contributed by atoms with Gasteiger partial charge in [-0.15, -0.1) is 0 Å². The lowest BCUT2D eigenvalue weighted by molar-refractivity contribution is -0.123. The zero-order chi connectivity index (χ0) is 19.0. The Balaban J connectivity index is 1.40. The quantitative estimate of drug-likeness (QED) is 0.792. The van der Waals surface area contributed by atoms with Crippen molar-refractivity contribution in [2.45, 2.75) is 76.8 Å². The molecule has 3 aliphatic rings. The summed E-state index contributed by atoms with van der Waals surface area (Å²) >= 11 is 0. The highest BCUT2D eigenvalue weighted by molar-refractivity contribution is 5.80. The van der Waals surface area contributed by atoms with Gasteiger partial charge >= 0.3 is 0 Å². The maximum absolute atomic E-state index is 12.0. The number of ketones is 1. The summed E-state index contributed by atoms with van der Waals surface area (Å²) < 4.78 is 0. The number of aromatic nitrogens is 2. The summed E-state index contributed by atoms with van der Waals surface area (Å²) in [6.07, 6.45) is 9.80. The Morgan fingerprint density at radius 2 is 1.78 bits per heavy atom. The van der Waals surface area contributed by atoms with E-state index in [0.29, 0.717) is 29.7 Å². The van der Waals surface area contributed by atoms with Crippen molar-refractivity contribution in [3.05, 3.63) is 18.1 Å². The molecular weight excluding hydrogens is 336 g/mol. The number of Topliss-reactive ketones (excluding diaryl/α,β-unsaturated/α-hetero) is 1. The van der Waals surface area contributed by atoms with Gasteiger partial charge in [-0.3, -0.25) is 4.79 Å². The number of hydrogen-bond donors (Lipinski definition) is 0. The number of hydrogen-bond acceptors (Lipinski definition) is 5. The molecule has 3 fully saturated rings. The molecule has 0 radical (unpaired) electrons. The molecule has 0 amide bonds. The van der Waals surface area contributed by atoms with Crippen molar-refractivity contribution in [2.75, 3.05) is 25.0 Å². The van der Waals surface area contributed by atoms with Gasteiger partial charge in [0.25, 0.3) is 0 Å². The number of piperazine rings is 1. The van der Waals surface area contributed by atoms with E-state index in [1.54, 1.807) is 0 Å². The smallest absolute Gasteiger partial charge is 0.135 e. The monoisotopic (exact) mass is 370 g/mol. The molecule has 2 bridgehead atoms. The van der Waals surface area contributed by atoms with Gasteiger partial charge in [0.1, 0.15) is 17.4 Å². The number of carbonyl (C=O) groups excluding carboxylic acids is 1. The fraction of sp³-hybridized carbons (Fsp3) is 0.773. The number of anilines is 1. The summed E-state index contributed by atoms with van der Waals surface area (Å²) in [6, 6.07) is 3.32. The molecule has 1 saturated carbocycles. The minimum absolute atomic E-state index is 0.168. The molecule has 0 spiro atoms. The molecule has 1 aromatic rings. The van der Waals surface area contributed by atoms with Gasteiger partial charge in [-0.25, -0.2) is 9.97 Å². The summed E-state index contributed by atoms with van der Waals surface area (Å²) in [6.45, 7) is 6.31. The molecular formula is C22H34N4O. The number of fused-ring (bicyclic) bond motifs is 2. The van der Waals surface area contributed by atoms with E-state index in [1.165, 1.54) is 12.8 Å². The average molecular weight is 371 g/mol. The Hall–Kier alpha value is -1.49. The van der Waals surface area contributed by atoms with E-state index in [1.807, 2.05) is 20.0 Å². The summed E-state index contributed by atoms with van der Waals surface area (Å²) in [7, 11) is 2.23. The van der Waals surface area contributed by atoms with E-state index in [2.05, 4.69) is 27.9 Å². The van der Waals surface area contributed by atoms with Crippen LogP contribution >= 0.6 is 0 Å². The Morgan fingerprint density at radius 1 is 1.11 bits per heavy atom. The summed E-state index contributed by atoms with van der Waals surface area (Å²) in [5.41, 5.74) is 0. The molecule has 1 aromatic heterocycles. The summed E-state index contributed by atoms with van der Waals surface area (Å²) in [5.74, 6) is 3.77. The lowest BCUT2D eigenvalue weighted by Crippen LogP contribution is -2.52. The zero-order valence-corrected chi connectivity index (χ0v) is 17.1. The van der Waals surface area contributed by atoms with Crippen molar-refractivity contribution in [2.24, 2.45) is 11.8 Å². The van der Waals surface area contributed by atoms with E-state index in [9.17, 15) is 4.79 Å². The van der Waals surface area contributed by atoms with Crippen molar-refractivity contribution in [1.29, 1.82) is 0 Å². The predicted molar refractivity (Wildman–Crippen MR) is 108 cm³/mol. The van der Waals surface area contributed by atoms with Crippen LogP contribution in [0.1, 0.15) is 70.5 Å². The van der Waals surface area contributed by atoms with Gasteiger partial charge in [-0.2, -0.15) is 0 Å². The molecule has 0 aromatic carbocycles. The van der Waals surface area contributed by atoms with Gasteiger partial charge in [0.05, 0.1) is 0 Å². The van der Waals surface area contributed by atoms with Crippen LogP contribution in [0.3, 0.4) is 0 Å². The maximum Gasteiger partial charge on any atom is 0.135 e. The van der Waals surface area contributed by atoms with Gasteiger partial charge in [0.2, 0.25) is 0 Å². The first-order chi connectivity index (χ1) is 13.0. The lowest BCUT2D eigenvalue weighted by Gasteiger charge is -2.40. The minimum Gasteiger partial charge on any atom is -0.348 e. The van der Waals surface area contributed by atoms with Crippen LogP contribution < -0.4 is 4.90 Å². The van der Waals surface area contributed by atoms with E-state index in [4.69, 9.17) is 4.98 Å². The number of rotatable bonds is 5. The second kappa shape index (κ2) is 7.86. The summed E-state index contributed by atoms with van der Waals surface area (Å²) in [4.78, 5) is 26.7. The molecule has 0 N–H and O–H groups in total. The third kappa shape index (κ3) is 4.03. The third-order valence-corrected chi connectivity index (χ3v) is 6.93. The van der Waals surface area contributed by atoms with E-state index in [-0.39, 0.29) is 5.92 Å². The Labute approximate surface area is 163 Å². The Morgan fingerprint density at radius 3 is 2.41 bits per heavy atom. The number of carbonyl (C=O) groups is 1. The molecule has 2 unspecified atom stereocenters. The molecule has 5 heteroatoms. The molecule has 2 atom stereocenters. The van der Waals surface area contributed by atoms with Crippen LogP contribution in [0.2, 0.25) is 0 Å². The van der Waals surface area contributed by atoms with Crippen molar-refractivity contribution < 1.29 is 4.79 Å². The number of nitrogens with zero attached hydrogens (tertiary/aromatic N) is 4. The van der Waals surface area contributed by atoms with Gasteiger partial charge in [-0.05, 0) is 57.6 Å². The molecule has 5 nitrogen and oxygen atoms in total. The average Bonchev–Trinajstić information content (AvgIpc) is 2.93. The van der Waals surface area contributed by atoms with Gasteiger partial charge in [-0.1, -0.05) is 13.8 Å². The second-order valence-corrected chi connectivity index (χ2v) is 9.33. The molecule has 1 aliphatic carbocycles. The van der Waals surface area contributed by atoms with Crippen LogP contribution in [-0.4, -0.2) is 52.9 Å². The molecule has 3 heterocycles. The molecule has 2 saturated heterocycles. The highest BCUT2D eigenvalue weighted by Crippen LogP contribution is 2.38. The minimum atomic E-state index is 0.168. The molecule has 27 heavy (non-hydrogen) atoms. The highest BCUT2D eigenvalue weighted by atomic mass is 16.1.